The average molecular weight is 715 g/mol. The normalized spacial score (nSPS) is 23.9. The van der Waals surface area contributed by atoms with Crippen LogP contribution in [0.2, 0.25) is 0 Å². The fourth-order valence-electron chi connectivity index (χ4n) is 6.12. The Morgan fingerprint density at radius 1 is 1.10 bits per heavy atom. The van der Waals surface area contributed by atoms with Crippen molar-refractivity contribution in [3.05, 3.63) is 56.7 Å². The summed E-state index contributed by atoms with van der Waals surface area (Å²) in [5, 5.41) is 10.1. The molecule has 10 heteroatoms. The lowest BCUT2D eigenvalue weighted by Gasteiger charge is -2.35. The molecule has 1 amide bonds. The molecule has 8 nitrogen and oxygen atoms in total. The number of ether oxygens (including phenoxy) is 2. The molecule has 0 spiro atoms. The molecule has 0 aliphatic carbocycles. The van der Waals surface area contributed by atoms with Crippen LogP contribution in [0.25, 0.3) is 0 Å². The fraction of sp³-hybridized carbons (Fsp3) is 0.656. The third-order valence-electron chi connectivity index (χ3n) is 8.71. The molecule has 1 aromatic carbocycles. The molecule has 1 aromatic rings. The first-order valence-corrected chi connectivity index (χ1v) is 18.0. The maximum absolute atomic E-state index is 13.8. The smallest absolute Gasteiger partial charge is 0.256 e. The SMILES string of the molecule is CCC/C=C\CC(C)CCC1OCCOC1CC(CC)S(=O)(=O)N1CC2=C(CN(C(=O)C(O)c3cccc(I)c3)C2)C1. The molecule has 0 bridgehead atoms. The van der Waals surface area contributed by atoms with Crippen LogP contribution in [0.15, 0.2) is 47.6 Å². The van der Waals surface area contributed by atoms with Gasteiger partial charge in [0.15, 0.2) is 6.10 Å². The van der Waals surface area contributed by atoms with Gasteiger partial charge in [0.1, 0.15) is 0 Å². The summed E-state index contributed by atoms with van der Waals surface area (Å²) < 4.78 is 42.4. The van der Waals surface area contributed by atoms with Crippen molar-refractivity contribution in [2.45, 2.75) is 89.3 Å². The second kappa shape index (κ2) is 15.6. The van der Waals surface area contributed by atoms with E-state index >= 15 is 0 Å². The Labute approximate surface area is 265 Å². The standard InChI is InChI=1S/C32H47IN2O6S/c1-4-6-7-8-10-23(3)13-14-29-30(41-16-15-40-29)18-28(5-2)42(38,39)35-21-25-19-34(20-26(25)22-35)32(37)31(36)24-11-9-12-27(33)17-24/h7-9,11-12,17,23,28-31,36H,4-6,10,13-16,18-22H2,1-3H3/b8-7-. The molecule has 42 heavy (non-hydrogen) atoms. The molecule has 1 N–H and O–H groups in total. The zero-order chi connectivity index (χ0) is 30.3. The Kier molecular flexibility index (Phi) is 12.5. The first-order valence-electron chi connectivity index (χ1n) is 15.4. The summed E-state index contributed by atoms with van der Waals surface area (Å²) in [4.78, 5) is 14.7. The average Bonchev–Trinajstić information content (AvgIpc) is 3.57. The minimum Gasteiger partial charge on any atom is -0.378 e. The van der Waals surface area contributed by atoms with E-state index in [0.29, 0.717) is 63.7 Å². The number of sulfonamides is 1. The number of amides is 1. The van der Waals surface area contributed by atoms with Crippen molar-refractivity contribution in [1.82, 2.24) is 9.21 Å². The van der Waals surface area contributed by atoms with Gasteiger partial charge in [-0.25, -0.2) is 8.42 Å². The summed E-state index contributed by atoms with van der Waals surface area (Å²) >= 11 is 2.16. The van der Waals surface area contributed by atoms with Crippen LogP contribution in [0.4, 0.5) is 0 Å². The number of benzene rings is 1. The lowest BCUT2D eigenvalue weighted by Crippen LogP contribution is -2.45. The molecule has 5 atom stereocenters. The van der Waals surface area contributed by atoms with Gasteiger partial charge in [-0.15, -0.1) is 0 Å². The molecule has 3 heterocycles. The van der Waals surface area contributed by atoms with Gasteiger partial charge in [-0.3, -0.25) is 4.79 Å². The summed E-state index contributed by atoms with van der Waals surface area (Å²) in [6, 6.07) is 7.29. The van der Waals surface area contributed by atoms with Crippen LogP contribution in [-0.2, 0) is 24.3 Å². The molecule has 3 aliphatic heterocycles. The largest absolute Gasteiger partial charge is 0.378 e. The van der Waals surface area contributed by atoms with E-state index in [2.05, 4.69) is 48.6 Å². The minimum absolute atomic E-state index is 0.0920. The predicted molar refractivity (Wildman–Crippen MR) is 173 cm³/mol. The predicted octanol–water partition coefficient (Wildman–Crippen LogP) is 5.22. The van der Waals surface area contributed by atoms with Crippen molar-refractivity contribution in [3.8, 4) is 0 Å². The van der Waals surface area contributed by atoms with Crippen molar-refractivity contribution >= 4 is 38.5 Å². The molecular formula is C32H47IN2O6S. The van der Waals surface area contributed by atoms with Gasteiger partial charge in [-0.05, 0) is 95.9 Å². The van der Waals surface area contributed by atoms with Crippen LogP contribution in [0, 0.1) is 9.49 Å². The van der Waals surface area contributed by atoms with Gasteiger partial charge in [-0.2, -0.15) is 4.31 Å². The Hall–Kier alpha value is -1.31. The van der Waals surface area contributed by atoms with Crippen LogP contribution in [0.3, 0.4) is 0 Å². The highest BCUT2D eigenvalue weighted by Gasteiger charge is 2.42. The van der Waals surface area contributed by atoms with E-state index < -0.39 is 21.4 Å². The number of halogens is 1. The first kappa shape index (κ1) is 33.6. The molecule has 0 saturated carbocycles. The van der Waals surface area contributed by atoms with Gasteiger partial charge in [0.25, 0.3) is 5.91 Å². The third kappa shape index (κ3) is 8.44. The van der Waals surface area contributed by atoms with Crippen molar-refractivity contribution in [2.75, 3.05) is 39.4 Å². The molecule has 0 aromatic heterocycles. The van der Waals surface area contributed by atoms with E-state index in [9.17, 15) is 18.3 Å². The van der Waals surface area contributed by atoms with Crippen LogP contribution in [-0.4, -0.2) is 85.5 Å². The molecule has 234 valence electrons. The quantitative estimate of drug-likeness (QED) is 0.210. The Balaban J connectivity index is 1.31. The zero-order valence-electron chi connectivity index (χ0n) is 25.2. The Morgan fingerprint density at radius 3 is 2.43 bits per heavy atom. The highest BCUT2D eigenvalue weighted by molar-refractivity contribution is 14.1. The molecule has 0 radical (unpaired) electrons. The number of rotatable bonds is 14. The van der Waals surface area contributed by atoms with Crippen molar-refractivity contribution < 1.29 is 27.8 Å². The monoisotopic (exact) mass is 714 g/mol. The zero-order valence-corrected chi connectivity index (χ0v) is 28.2. The topological polar surface area (TPSA) is 96.4 Å². The number of hydrogen-bond acceptors (Lipinski definition) is 6. The van der Waals surface area contributed by atoms with Gasteiger partial charge in [0, 0.05) is 29.7 Å². The number of allylic oxidation sites excluding steroid dienone is 2. The first-order chi connectivity index (χ1) is 20.1. The fourth-order valence-corrected chi connectivity index (χ4v) is 8.64. The number of aliphatic hydroxyl groups excluding tert-OH is 1. The summed E-state index contributed by atoms with van der Waals surface area (Å²) in [6.07, 6.45) is 9.09. The molecule has 1 saturated heterocycles. The van der Waals surface area contributed by atoms with E-state index in [-0.39, 0.29) is 18.1 Å². The van der Waals surface area contributed by atoms with Crippen LogP contribution in [0.1, 0.15) is 77.4 Å². The molecule has 1 fully saturated rings. The number of carbonyl (C=O) groups is 1. The van der Waals surface area contributed by atoms with Crippen molar-refractivity contribution in [1.29, 1.82) is 0 Å². The number of nitrogens with zero attached hydrogens (tertiary/aromatic N) is 2. The second-order valence-corrected chi connectivity index (χ2v) is 15.4. The summed E-state index contributed by atoms with van der Waals surface area (Å²) in [7, 11) is -3.57. The van der Waals surface area contributed by atoms with E-state index in [0.717, 1.165) is 46.8 Å². The maximum atomic E-state index is 13.8. The Bertz CT molecular complexity index is 1220. The van der Waals surface area contributed by atoms with E-state index in [4.69, 9.17) is 9.47 Å². The van der Waals surface area contributed by atoms with Crippen LogP contribution < -0.4 is 0 Å². The van der Waals surface area contributed by atoms with Gasteiger partial charge >= 0.3 is 0 Å². The van der Waals surface area contributed by atoms with Gasteiger partial charge in [0.2, 0.25) is 10.0 Å². The minimum atomic E-state index is -3.57. The van der Waals surface area contributed by atoms with Crippen LogP contribution >= 0.6 is 22.6 Å². The number of carbonyl (C=O) groups excluding carboxylic acids is 1. The Morgan fingerprint density at radius 2 is 1.79 bits per heavy atom. The highest BCUT2D eigenvalue weighted by atomic mass is 127. The van der Waals surface area contributed by atoms with Gasteiger partial charge in [-0.1, -0.05) is 51.5 Å². The third-order valence-corrected chi connectivity index (χ3v) is 11.7. The van der Waals surface area contributed by atoms with E-state index in [1.165, 1.54) is 0 Å². The van der Waals surface area contributed by atoms with Gasteiger partial charge in [0.05, 0.1) is 30.7 Å². The van der Waals surface area contributed by atoms with Crippen molar-refractivity contribution in [3.63, 3.8) is 0 Å². The highest BCUT2D eigenvalue weighted by Crippen LogP contribution is 2.33. The molecule has 5 unspecified atom stereocenters. The number of aliphatic hydroxyl groups is 1. The lowest BCUT2D eigenvalue weighted by molar-refractivity contribution is -0.145. The summed E-state index contributed by atoms with van der Waals surface area (Å²) in [5.41, 5.74) is 2.50. The van der Waals surface area contributed by atoms with Crippen molar-refractivity contribution in [2.24, 2.45) is 5.92 Å². The molecule has 4 rings (SSSR count). The second-order valence-electron chi connectivity index (χ2n) is 11.9. The van der Waals surface area contributed by atoms with E-state index in [1.807, 2.05) is 19.1 Å². The summed E-state index contributed by atoms with van der Waals surface area (Å²) in [5.74, 6) is 0.191. The van der Waals surface area contributed by atoms with E-state index in [1.54, 1.807) is 21.3 Å². The lowest BCUT2D eigenvalue weighted by atomic mass is 9.95. The summed E-state index contributed by atoms with van der Waals surface area (Å²) in [6.45, 7) is 8.70. The van der Waals surface area contributed by atoms with Crippen LogP contribution in [0.5, 0.6) is 0 Å². The number of hydrogen-bond donors (Lipinski definition) is 1. The number of unbranched alkanes of at least 4 members (excludes halogenated alkanes) is 1. The van der Waals surface area contributed by atoms with Gasteiger partial charge < -0.3 is 19.5 Å². The molecular weight excluding hydrogens is 667 g/mol. The maximum Gasteiger partial charge on any atom is 0.256 e. The molecule has 3 aliphatic rings.